The Labute approximate surface area is 100 Å². The molecule has 0 fully saturated rings. The van der Waals surface area contributed by atoms with Gasteiger partial charge in [-0.1, -0.05) is 11.6 Å². The normalized spacial score (nSPS) is 11.0. The number of hydrogen-bond acceptors (Lipinski definition) is 3. The third kappa shape index (κ3) is 1.99. The third-order valence-electron chi connectivity index (χ3n) is 2.21. The molecule has 0 unspecified atom stereocenters. The molecule has 2 aromatic heterocycles. The summed E-state index contributed by atoms with van der Waals surface area (Å²) in [6, 6.07) is 5.46. The van der Waals surface area contributed by atoms with E-state index in [9.17, 15) is 0 Å². The van der Waals surface area contributed by atoms with Crippen LogP contribution in [0.5, 0.6) is 5.75 Å². The van der Waals surface area contributed by atoms with Crippen molar-refractivity contribution in [3.63, 3.8) is 0 Å². The van der Waals surface area contributed by atoms with Gasteiger partial charge in [0, 0.05) is 19.3 Å². The van der Waals surface area contributed by atoms with Crippen molar-refractivity contribution in [1.29, 1.82) is 0 Å². The van der Waals surface area contributed by atoms with Crippen LogP contribution in [0.2, 0.25) is 5.15 Å². The van der Waals surface area contributed by atoms with Gasteiger partial charge in [-0.3, -0.25) is 4.98 Å². The van der Waals surface area contributed by atoms with Crippen molar-refractivity contribution in [2.75, 3.05) is 7.11 Å². The summed E-state index contributed by atoms with van der Waals surface area (Å²) in [6.45, 7) is 0.0296. The molecule has 0 aromatic carbocycles. The topological polar surface area (TPSA) is 35.0 Å². The van der Waals surface area contributed by atoms with Crippen molar-refractivity contribution in [1.82, 2.24) is 9.97 Å². The molecule has 0 spiro atoms. The number of aromatic nitrogens is 2. The molecule has 0 saturated heterocycles. The highest BCUT2D eigenvalue weighted by Crippen LogP contribution is 2.33. The number of ether oxygens (including phenoxy) is 1. The van der Waals surface area contributed by atoms with Gasteiger partial charge in [0.2, 0.25) is 0 Å². The number of halogens is 1. The highest BCUT2D eigenvalue weighted by atomic mass is 35.5. The van der Waals surface area contributed by atoms with Gasteiger partial charge in [-0.2, -0.15) is 0 Å². The Morgan fingerprint density at radius 2 is 2.12 bits per heavy atom. The molecule has 0 aliphatic rings. The van der Waals surface area contributed by atoms with Crippen LogP contribution in [0, 0.1) is 6.90 Å². The van der Waals surface area contributed by atoms with Crippen molar-refractivity contribution >= 4 is 11.6 Å². The lowest BCUT2D eigenvalue weighted by molar-refractivity contribution is 0.411. The first kappa shape index (κ1) is 9.60. The van der Waals surface area contributed by atoms with Crippen LogP contribution in [0.3, 0.4) is 0 Å². The minimum absolute atomic E-state index is 0.0296. The summed E-state index contributed by atoms with van der Waals surface area (Å²) in [6.07, 6.45) is 3.40. The van der Waals surface area contributed by atoms with Gasteiger partial charge in [0.1, 0.15) is 10.9 Å². The quantitative estimate of drug-likeness (QED) is 0.751. The molecule has 2 heterocycles. The van der Waals surface area contributed by atoms with Crippen molar-refractivity contribution < 1.29 is 6.11 Å². The predicted octanol–water partition coefficient (Wildman–Crippen LogP) is 3.11. The Balaban J connectivity index is 2.64. The number of methoxy groups -OCH3 is 1. The van der Waals surface area contributed by atoms with E-state index in [1.165, 1.54) is 0 Å². The van der Waals surface area contributed by atoms with Crippen LogP contribution in [0.4, 0.5) is 0 Å². The highest BCUT2D eigenvalue weighted by molar-refractivity contribution is 6.29. The van der Waals surface area contributed by atoms with Crippen molar-refractivity contribution in [3.05, 3.63) is 41.4 Å². The van der Waals surface area contributed by atoms with Crippen LogP contribution in [0.1, 0.15) is 7.06 Å². The van der Waals surface area contributed by atoms with E-state index in [1.807, 2.05) is 12.1 Å². The second-order valence-electron chi connectivity index (χ2n) is 3.21. The predicted molar refractivity (Wildman–Crippen MR) is 63.8 cm³/mol. The Kier molecular flexibility index (Phi) is 2.70. The molecule has 3 nitrogen and oxygen atoms in total. The maximum Gasteiger partial charge on any atom is 0.147 e. The SMILES string of the molecule is [2H]Cc1nc(Cl)cc(-c2ccncc2)c1OC. The number of nitrogens with zero attached hydrogens (tertiary/aromatic N) is 2. The summed E-state index contributed by atoms with van der Waals surface area (Å²) >= 11 is 5.94. The maximum atomic E-state index is 7.43. The minimum Gasteiger partial charge on any atom is -0.494 e. The molecule has 0 aliphatic heterocycles. The molecule has 16 heavy (non-hydrogen) atoms. The highest BCUT2D eigenvalue weighted by Gasteiger charge is 2.11. The lowest BCUT2D eigenvalue weighted by Gasteiger charge is -2.11. The van der Waals surface area contributed by atoms with E-state index in [0.717, 1.165) is 11.1 Å². The molecule has 0 bridgehead atoms. The van der Waals surface area contributed by atoms with Gasteiger partial charge in [0.15, 0.2) is 0 Å². The lowest BCUT2D eigenvalue weighted by Crippen LogP contribution is -1.94. The molecule has 82 valence electrons. The van der Waals surface area contributed by atoms with Crippen LogP contribution in [-0.4, -0.2) is 17.1 Å². The zero-order valence-corrected chi connectivity index (χ0v) is 9.53. The Bertz CT molecular complexity index is 519. The van der Waals surface area contributed by atoms with Gasteiger partial charge < -0.3 is 4.74 Å². The molecule has 0 saturated carbocycles. The van der Waals surface area contributed by atoms with E-state index in [4.69, 9.17) is 17.7 Å². The van der Waals surface area contributed by atoms with Crippen LogP contribution < -0.4 is 4.74 Å². The van der Waals surface area contributed by atoms with Gasteiger partial charge in [-0.25, -0.2) is 4.98 Å². The number of pyridine rings is 2. The van der Waals surface area contributed by atoms with Gasteiger partial charge in [-0.15, -0.1) is 0 Å². The van der Waals surface area contributed by atoms with E-state index < -0.39 is 0 Å². The molecule has 4 heteroatoms. The minimum atomic E-state index is 0.0296. The Morgan fingerprint density at radius 3 is 2.75 bits per heavy atom. The fraction of sp³-hybridized carbons (Fsp3) is 0.167. The fourth-order valence-electron chi connectivity index (χ4n) is 1.53. The number of aryl methyl sites for hydroxylation is 1. The van der Waals surface area contributed by atoms with Crippen molar-refractivity contribution in [3.8, 4) is 16.9 Å². The molecular formula is C12H11ClN2O. The van der Waals surface area contributed by atoms with Crippen LogP contribution in [0.25, 0.3) is 11.1 Å². The van der Waals surface area contributed by atoms with Crippen molar-refractivity contribution in [2.24, 2.45) is 0 Å². The molecule has 2 rings (SSSR count). The second-order valence-corrected chi connectivity index (χ2v) is 3.60. The fourth-order valence-corrected chi connectivity index (χ4v) is 1.74. The summed E-state index contributed by atoms with van der Waals surface area (Å²) in [5.74, 6) is 0.593. The van der Waals surface area contributed by atoms with Gasteiger partial charge in [-0.05, 0) is 30.7 Å². The summed E-state index contributed by atoms with van der Waals surface area (Å²) in [7, 11) is 1.56. The van der Waals surface area contributed by atoms with Gasteiger partial charge in [0.25, 0.3) is 0 Å². The second kappa shape index (κ2) is 4.49. The maximum absolute atomic E-state index is 7.43. The van der Waals surface area contributed by atoms with E-state index >= 15 is 0 Å². The zero-order valence-electron chi connectivity index (χ0n) is 9.77. The summed E-state index contributed by atoms with van der Waals surface area (Å²) in [5.41, 5.74) is 2.31. The van der Waals surface area contributed by atoms with E-state index in [-0.39, 0.29) is 6.90 Å². The Morgan fingerprint density at radius 1 is 1.38 bits per heavy atom. The first-order chi connectivity index (χ1) is 8.26. The summed E-state index contributed by atoms with van der Waals surface area (Å²) in [4.78, 5) is 8.05. The lowest BCUT2D eigenvalue weighted by atomic mass is 10.1. The molecule has 0 aliphatic carbocycles. The molecule has 0 N–H and O–H groups in total. The zero-order chi connectivity index (χ0) is 12.3. The first-order valence-electron chi connectivity index (χ1n) is 5.40. The van der Waals surface area contributed by atoms with E-state index in [2.05, 4.69) is 9.97 Å². The Hall–Kier alpha value is -1.61. The van der Waals surface area contributed by atoms with E-state index in [1.54, 1.807) is 25.6 Å². The smallest absolute Gasteiger partial charge is 0.147 e. The third-order valence-corrected chi connectivity index (χ3v) is 2.40. The van der Waals surface area contributed by atoms with Crippen LogP contribution in [-0.2, 0) is 0 Å². The standard InChI is InChI=1S/C12H11ClN2O/c1-8-12(16-2)10(7-11(13)15-8)9-3-5-14-6-4-9/h3-7H,1-2H3/i1D. The molecule has 2 aromatic rings. The van der Waals surface area contributed by atoms with Crippen molar-refractivity contribution in [2.45, 2.75) is 6.90 Å². The molecule has 0 radical (unpaired) electrons. The summed E-state index contributed by atoms with van der Waals surface area (Å²) < 4.78 is 12.7. The average Bonchev–Trinajstić information content (AvgIpc) is 2.38. The van der Waals surface area contributed by atoms with Crippen LogP contribution >= 0.6 is 11.6 Å². The number of rotatable bonds is 2. The largest absolute Gasteiger partial charge is 0.494 e. The van der Waals surface area contributed by atoms with Crippen LogP contribution in [0.15, 0.2) is 30.6 Å². The average molecular weight is 236 g/mol. The first-order valence-corrected chi connectivity index (χ1v) is 5.07. The summed E-state index contributed by atoms with van der Waals surface area (Å²) in [5, 5.41) is 0.361. The molecular weight excluding hydrogens is 224 g/mol. The molecule has 0 atom stereocenters. The van der Waals surface area contributed by atoms with E-state index in [0.29, 0.717) is 16.6 Å². The monoisotopic (exact) mass is 235 g/mol. The molecule has 0 amide bonds. The van der Waals surface area contributed by atoms with Gasteiger partial charge in [0.05, 0.1) is 12.8 Å². The number of hydrogen-bond donors (Lipinski definition) is 0. The van der Waals surface area contributed by atoms with Gasteiger partial charge >= 0.3 is 0 Å².